The van der Waals surface area contributed by atoms with Crippen LogP contribution in [0.2, 0.25) is 0 Å². The second-order valence-corrected chi connectivity index (χ2v) is 7.23. The number of carbonyl (C=O) groups is 1. The zero-order valence-electron chi connectivity index (χ0n) is 15.7. The van der Waals surface area contributed by atoms with Crippen LogP contribution in [0.4, 0.5) is 11.4 Å². The Morgan fingerprint density at radius 2 is 1.90 bits per heavy atom. The van der Waals surface area contributed by atoms with Gasteiger partial charge in [0.15, 0.2) is 11.7 Å². The minimum atomic E-state index is -0.540. The van der Waals surface area contributed by atoms with E-state index < -0.39 is 10.8 Å². The molecule has 0 aliphatic heterocycles. The summed E-state index contributed by atoms with van der Waals surface area (Å²) in [6.07, 6.45) is 0. The zero-order chi connectivity index (χ0) is 21.7. The van der Waals surface area contributed by atoms with Crippen LogP contribution in [0.15, 0.2) is 59.1 Å². The average molecular weight is 490 g/mol. The fourth-order valence-corrected chi connectivity index (χ4v) is 3.52. The molecular formula is C20H16BrN3O5S. The Morgan fingerprint density at radius 3 is 2.63 bits per heavy atom. The molecule has 3 aromatic carbocycles. The Bertz CT molecular complexity index is 1140. The number of anilines is 1. The maximum Gasteiger partial charge on any atom is 0.271 e. The number of nitrogens with one attached hydrogen (secondary N) is 2. The van der Waals surface area contributed by atoms with Gasteiger partial charge in [-0.2, -0.15) is 0 Å². The molecule has 3 aromatic rings. The van der Waals surface area contributed by atoms with Gasteiger partial charge in [-0.3, -0.25) is 20.2 Å². The van der Waals surface area contributed by atoms with E-state index in [4.69, 9.17) is 21.7 Å². The summed E-state index contributed by atoms with van der Waals surface area (Å²) in [6.45, 7) is -0.273. The smallest absolute Gasteiger partial charge is 0.271 e. The fourth-order valence-electron chi connectivity index (χ4n) is 2.69. The number of amides is 1. The van der Waals surface area contributed by atoms with E-state index in [0.717, 1.165) is 15.2 Å². The van der Waals surface area contributed by atoms with Gasteiger partial charge in [0.1, 0.15) is 11.5 Å². The van der Waals surface area contributed by atoms with Gasteiger partial charge >= 0.3 is 0 Å². The van der Waals surface area contributed by atoms with Crippen molar-refractivity contribution in [2.24, 2.45) is 0 Å². The molecule has 2 N–H and O–H groups in total. The van der Waals surface area contributed by atoms with Gasteiger partial charge in [-0.25, -0.2) is 0 Å². The van der Waals surface area contributed by atoms with Crippen LogP contribution in [0.5, 0.6) is 11.5 Å². The van der Waals surface area contributed by atoms with Crippen LogP contribution >= 0.6 is 28.1 Å². The summed E-state index contributed by atoms with van der Waals surface area (Å²) in [4.78, 5) is 22.6. The lowest BCUT2D eigenvalue weighted by Gasteiger charge is -2.13. The van der Waals surface area contributed by atoms with E-state index in [1.807, 2.05) is 30.3 Å². The Labute approximate surface area is 185 Å². The molecule has 0 saturated carbocycles. The second kappa shape index (κ2) is 9.51. The largest absolute Gasteiger partial charge is 0.495 e. The molecule has 0 fully saturated rings. The van der Waals surface area contributed by atoms with Crippen LogP contribution in [0.25, 0.3) is 10.8 Å². The van der Waals surface area contributed by atoms with Gasteiger partial charge in [0.05, 0.1) is 22.2 Å². The summed E-state index contributed by atoms with van der Waals surface area (Å²) in [5.41, 5.74) is 0.118. The summed E-state index contributed by atoms with van der Waals surface area (Å²) in [5, 5.41) is 18.1. The number of ether oxygens (including phenoxy) is 2. The van der Waals surface area contributed by atoms with Crippen molar-refractivity contribution in [3.8, 4) is 11.5 Å². The highest BCUT2D eigenvalue weighted by Crippen LogP contribution is 2.33. The van der Waals surface area contributed by atoms with Crippen molar-refractivity contribution in [1.82, 2.24) is 5.32 Å². The molecule has 0 aliphatic rings. The van der Waals surface area contributed by atoms with E-state index in [2.05, 4.69) is 26.6 Å². The van der Waals surface area contributed by atoms with Gasteiger partial charge < -0.3 is 14.8 Å². The lowest BCUT2D eigenvalue weighted by Crippen LogP contribution is -2.37. The first-order valence-corrected chi connectivity index (χ1v) is 9.82. The first-order valence-electron chi connectivity index (χ1n) is 8.62. The number of hydrogen-bond acceptors (Lipinski definition) is 6. The minimum absolute atomic E-state index is 0.0417. The fraction of sp³-hybridized carbons (Fsp3) is 0.100. The van der Waals surface area contributed by atoms with E-state index in [1.54, 1.807) is 6.07 Å². The molecule has 1 amide bonds. The highest BCUT2D eigenvalue weighted by molar-refractivity contribution is 9.10. The lowest BCUT2D eigenvalue weighted by atomic mass is 10.1. The van der Waals surface area contributed by atoms with Gasteiger partial charge in [-0.15, -0.1) is 0 Å². The van der Waals surface area contributed by atoms with Gasteiger partial charge in [-0.1, -0.05) is 30.3 Å². The Balaban J connectivity index is 1.62. The molecule has 0 bridgehead atoms. The number of rotatable bonds is 6. The Kier molecular flexibility index (Phi) is 6.80. The Hall–Kier alpha value is -3.24. The van der Waals surface area contributed by atoms with Crippen molar-refractivity contribution in [1.29, 1.82) is 0 Å². The molecular weight excluding hydrogens is 474 g/mol. The molecule has 10 heteroatoms. The Morgan fingerprint density at radius 1 is 1.17 bits per heavy atom. The van der Waals surface area contributed by atoms with Crippen LogP contribution in [0.3, 0.4) is 0 Å². The summed E-state index contributed by atoms with van der Waals surface area (Å²) < 4.78 is 11.5. The predicted molar refractivity (Wildman–Crippen MR) is 121 cm³/mol. The third-order valence-electron chi connectivity index (χ3n) is 4.08. The minimum Gasteiger partial charge on any atom is -0.495 e. The molecule has 0 atom stereocenters. The zero-order valence-corrected chi connectivity index (χ0v) is 18.1. The quantitative estimate of drug-likeness (QED) is 0.300. The molecule has 0 spiro atoms. The van der Waals surface area contributed by atoms with Crippen LogP contribution < -0.4 is 20.1 Å². The summed E-state index contributed by atoms with van der Waals surface area (Å²) in [6, 6.07) is 15.4. The summed E-state index contributed by atoms with van der Waals surface area (Å²) >= 11 is 8.61. The van der Waals surface area contributed by atoms with E-state index >= 15 is 0 Å². The number of nitrogens with zero attached hydrogens (tertiary/aromatic N) is 1. The standard InChI is InChI=1S/C20H16BrN3O5S/c1-28-16-9-7-13(24(26)27)10-15(16)22-20(30)23-18(25)11-29-17-8-6-12-4-2-3-5-14(12)19(17)21/h2-10H,11H2,1H3,(H2,22,23,25,30). The number of fused-ring (bicyclic) bond motifs is 1. The molecule has 0 unspecified atom stereocenters. The number of nitro groups is 1. The first-order chi connectivity index (χ1) is 14.4. The number of nitro benzene ring substituents is 1. The molecule has 0 heterocycles. The second-order valence-electron chi connectivity index (χ2n) is 6.03. The van der Waals surface area contributed by atoms with E-state index in [1.165, 1.54) is 25.3 Å². The van der Waals surface area contributed by atoms with E-state index in [-0.39, 0.29) is 23.1 Å². The lowest BCUT2D eigenvalue weighted by molar-refractivity contribution is -0.384. The van der Waals surface area contributed by atoms with Gasteiger partial charge in [0, 0.05) is 12.1 Å². The molecule has 3 rings (SSSR count). The third-order valence-corrected chi connectivity index (χ3v) is 5.10. The average Bonchev–Trinajstić information content (AvgIpc) is 2.73. The number of benzene rings is 3. The number of carbonyl (C=O) groups excluding carboxylic acids is 1. The van der Waals surface area contributed by atoms with Crippen molar-refractivity contribution in [3.05, 3.63) is 69.2 Å². The van der Waals surface area contributed by atoms with E-state index in [9.17, 15) is 14.9 Å². The van der Waals surface area contributed by atoms with Crippen LogP contribution in [0, 0.1) is 10.1 Å². The van der Waals surface area contributed by atoms with Gasteiger partial charge in [0.25, 0.3) is 11.6 Å². The number of thiocarbonyl (C=S) groups is 1. The first kappa shape index (κ1) is 21.5. The molecule has 0 radical (unpaired) electrons. The van der Waals surface area contributed by atoms with Crippen LogP contribution in [0.1, 0.15) is 0 Å². The molecule has 154 valence electrons. The summed E-state index contributed by atoms with van der Waals surface area (Å²) in [5.74, 6) is 0.369. The monoisotopic (exact) mass is 489 g/mol. The molecule has 30 heavy (non-hydrogen) atoms. The maximum absolute atomic E-state index is 12.2. The molecule has 0 aromatic heterocycles. The van der Waals surface area contributed by atoms with Crippen molar-refractivity contribution < 1.29 is 19.2 Å². The van der Waals surface area contributed by atoms with Crippen molar-refractivity contribution in [3.63, 3.8) is 0 Å². The van der Waals surface area contributed by atoms with Crippen LogP contribution in [-0.4, -0.2) is 29.7 Å². The third kappa shape index (κ3) is 5.02. The number of methoxy groups -OCH3 is 1. The van der Waals surface area contributed by atoms with Gasteiger partial charge in [-0.05, 0) is 51.1 Å². The van der Waals surface area contributed by atoms with Crippen LogP contribution in [-0.2, 0) is 4.79 Å². The van der Waals surface area contributed by atoms with Crippen molar-refractivity contribution in [2.45, 2.75) is 0 Å². The SMILES string of the molecule is COc1ccc([N+](=O)[O-])cc1NC(=S)NC(=O)COc1ccc2ccccc2c1Br. The number of hydrogen-bond donors (Lipinski definition) is 2. The normalized spacial score (nSPS) is 10.3. The maximum atomic E-state index is 12.2. The van der Waals surface area contributed by atoms with Gasteiger partial charge in [0.2, 0.25) is 0 Å². The summed E-state index contributed by atoms with van der Waals surface area (Å²) in [7, 11) is 1.42. The number of halogens is 1. The predicted octanol–water partition coefficient (Wildman–Crippen LogP) is 4.41. The molecule has 0 saturated heterocycles. The van der Waals surface area contributed by atoms with E-state index in [0.29, 0.717) is 11.5 Å². The highest BCUT2D eigenvalue weighted by atomic mass is 79.9. The topological polar surface area (TPSA) is 103 Å². The molecule has 8 nitrogen and oxygen atoms in total. The number of non-ortho nitro benzene ring substituents is 1. The van der Waals surface area contributed by atoms with Crippen molar-refractivity contribution in [2.75, 3.05) is 19.0 Å². The van der Waals surface area contributed by atoms with Crippen molar-refractivity contribution >= 4 is 61.3 Å². The highest BCUT2D eigenvalue weighted by Gasteiger charge is 2.14. The molecule has 0 aliphatic carbocycles.